The first-order valence-electron chi connectivity index (χ1n) is 7.37. The topological polar surface area (TPSA) is 66.5 Å². The van der Waals surface area contributed by atoms with E-state index in [1.807, 2.05) is 32.9 Å². The van der Waals surface area contributed by atoms with Crippen molar-refractivity contribution in [2.45, 2.75) is 47.1 Å². The van der Waals surface area contributed by atoms with E-state index in [1.54, 1.807) is 13.8 Å². The highest BCUT2D eigenvalue weighted by Crippen LogP contribution is 2.22. The van der Waals surface area contributed by atoms with Crippen LogP contribution in [0.3, 0.4) is 0 Å². The van der Waals surface area contributed by atoms with Gasteiger partial charge in [-0.25, -0.2) is 8.42 Å². The molecular weight excluding hydrogens is 300 g/mol. The van der Waals surface area contributed by atoms with E-state index < -0.39 is 10.0 Å². The summed E-state index contributed by atoms with van der Waals surface area (Å²) >= 11 is 0. The van der Waals surface area contributed by atoms with Gasteiger partial charge in [0.1, 0.15) is 0 Å². The lowest BCUT2D eigenvalue weighted by Gasteiger charge is -2.23. The van der Waals surface area contributed by atoms with E-state index in [0.29, 0.717) is 0 Å². The molecule has 1 rings (SSSR count). The maximum atomic E-state index is 12.1. The van der Waals surface area contributed by atoms with Crippen LogP contribution in [0.5, 0.6) is 0 Å². The highest BCUT2D eigenvalue weighted by atomic mass is 32.2. The first-order valence-corrected chi connectivity index (χ1v) is 9.21. The fourth-order valence-corrected chi connectivity index (χ4v) is 3.79. The summed E-state index contributed by atoms with van der Waals surface area (Å²) < 4.78 is 24.7. The van der Waals surface area contributed by atoms with Gasteiger partial charge in [-0.15, -0.1) is 0 Å². The Labute approximate surface area is 133 Å². The molecule has 0 unspecified atom stereocenters. The lowest BCUT2D eigenvalue weighted by molar-refractivity contribution is -0.116. The van der Waals surface area contributed by atoms with Gasteiger partial charge < -0.3 is 5.32 Å². The molecule has 1 amide bonds. The summed E-state index contributed by atoms with van der Waals surface area (Å²) in [5.74, 6) is -0.177. The van der Waals surface area contributed by atoms with Gasteiger partial charge in [-0.1, -0.05) is 17.7 Å². The minimum absolute atomic E-state index is 0.137. The maximum Gasteiger partial charge on any atom is 0.225 e. The fraction of sp³-hybridized carbons (Fsp3) is 0.562. The fourth-order valence-electron chi connectivity index (χ4n) is 2.60. The molecule has 0 heterocycles. The minimum atomic E-state index is -3.30. The molecule has 0 fully saturated rings. The second-order valence-electron chi connectivity index (χ2n) is 6.04. The molecule has 0 radical (unpaired) electrons. The SMILES string of the molecule is Cc1cc(C)c(NC(=O)CCN(C(C)C)S(C)(=O)=O)c(C)c1. The monoisotopic (exact) mass is 326 g/mol. The van der Waals surface area contributed by atoms with E-state index in [9.17, 15) is 13.2 Å². The predicted octanol–water partition coefficient (Wildman–Crippen LogP) is 2.61. The molecule has 1 aromatic carbocycles. The van der Waals surface area contributed by atoms with Crippen LogP contribution in [0.1, 0.15) is 37.0 Å². The molecule has 1 N–H and O–H groups in total. The third-order valence-electron chi connectivity index (χ3n) is 3.50. The molecule has 0 saturated heterocycles. The number of sulfonamides is 1. The van der Waals surface area contributed by atoms with Gasteiger partial charge in [0.2, 0.25) is 15.9 Å². The van der Waals surface area contributed by atoms with Crippen molar-refractivity contribution in [3.63, 3.8) is 0 Å². The smallest absolute Gasteiger partial charge is 0.225 e. The zero-order valence-corrected chi connectivity index (χ0v) is 15.0. The van der Waals surface area contributed by atoms with E-state index in [1.165, 1.54) is 10.6 Å². The van der Waals surface area contributed by atoms with Crippen molar-refractivity contribution in [3.05, 3.63) is 28.8 Å². The van der Waals surface area contributed by atoms with E-state index in [0.717, 1.165) is 22.4 Å². The van der Waals surface area contributed by atoms with Crippen LogP contribution in [-0.2, 0) is 14.8 Å². The molecule has 0 aliphatic rings. The van der Waals surface area contributed by atoms with E-state index in [-0.39, 0.29) is 24.9 Å². The van der Waals surface area contributed by atoms with Crippen LogP contribution in [0.2, 0.25) is 0 Å². The lowest BCUT2D eigenvalue weighted by Crippen LogP contribution is -2.38. The normalized spacial score (nSPS) is 12.0. The van der Waals surface area contributed by atoms with Crippen LogP contribution < -0.4 is 5.32 Å². The van der Waals surface area contributed by atoms with Crippen molar-refractivity contribution in [2.75, 3.05) is 18.1 Å². The number of hydrogen-bond donors (Lipinski definition) is 1. The quantitative estimate of drug-likeness (QED) is 0.874. The van der Waals surface area contributed by atoms with Crippen LogP contribution in [0.4, 0.5) is 5.69 Å². The molecule has 0 aliphatic carbocycles. The minimum Gasteiger partial charge on any atom is -0.326 e. The average molecular weight is 326 g/mol. The first-order chi connectivity index (χ1) is 10.0. The summed E-state index contributed by atoms with van der Waals surface area (Å²) in [4.78, 5) is 12.1. The summed E-state index contributed by atoms with van der Waals surface area (Å²) in [6, 6.07) is 3.87. The van der Waals surface area contributed by atoms with Crippen molar-refractivity contribution < 1.29 is 13.2 Å². The number of nitrogens with zero attached hydrogens (tertiary/aromatic N) is 1. The molecular formula is C16H26N2O3S. The number of hydrogen-bond acceptors (Lipinski definition) is 3. The number of carbonyl (C=O) groups is 1. The first kappa shape index (κ1) is 18.6. The van der Waals surface area contributed by atoms with Crippen LogP contribution in [0.15, 0.2) is 12.1 Å². The molecule has 5 nitrogen and oxygen atoms in total. The summed E-state index contributed by atoms with van der Waals surface area (Å²) in [5, 5.41) is 2.89. The molecule has 6 heteroatoms. The van der Waals surface area contributed by atoms with E-state index in [2.05, 4.69) is 5.32 Å². The number of rotatable bonds is 6. The molecule has 22 heavy (non-hydrogen) atoms. The molecule has 0 spiro atoms. The Bertz CT molecular complexity index is 628. The number of benzene rings is 1. The molecule has 0 aliphatic heterocycles. The number of carbonyl (C=O) groups excluding carboxylic acids is 1. The molecule has 0 aromatic heterocycles. The third-order valence-corrected chi connectivity index (χ3v) is 4.96. The van der Waals surface area contributed by atoms with Crippen LogP contribution >= 0.6 is 0 Å². The van der Waals surface area contributed by atoms with Crippen molar-refractivity contribution in [1.29, 1.82) is 0 Å². The van der Waals surface area contributed by atoms with Gasteiger partial charge in [0.15, 0.2) is 0 Å². The van der Waals surface area contributed by atoms with Crippen molar-refractivity contribution in [1.82, 2.24) is 4.31 Å². The Balaban J connectivity index is 2.76. The van der Waals surface area contributed by atoms with Crippen LogP contribution in [0.25, 0.3) is 0 Å². The van der Waals surface area contributed by atoms with E-state index in [4.69, 9.17) is 0 Å². The Hall–Kier alpha value is -1.40. The van der Waals surface area contributed by atoms with Crippen molar-refractivity contribution in [2.24, 2.45) is 0 Å². The molecule has 124 valence electrons. The zero-order chi connectivity index (χ0) is 17.1. The summed E-state index contributed by atoms with van der Waals surface area (Å²) in [5.41, 5.74) is 3.98. The van der Waals surface area contributed by atoms with Crippen LogP contribution in [-0.4, -0.2) is 37.5 Å². The van der Waals surface area contributed by atoms with Gasteiger partial charge in [0, 0.05) is 24.7 Å². The van der Waals surface area contributed by atoms with Gasteiger partial charge in [-0.2, -0.15) is 4.31 Å². The van der Waals surface area contributed by atoms with Gasteiger partial charge in [0.25, 0.3) is 0 Å². The number of aryl methyl sites for hydroxylation is 3. The number of anilines is 1. The summed E-state index contributed by atoms with van der Waals surface area (Å²) in [6.07, 6.45) is 1.30. The standard InChI is InChI=1S/C16H26N2O3S/c1-11(2)18(22(6,20)21)8-7-15(19)17-16-13(4)9-12(3)10-14(16)5/h9-11H,7-8H2,1-6H3,(H,17,19). The Kier molecular flexibility index (Phi) is 6.14. The highest BCUT2D eigenvalue weighted by Gasteiger charge is 2.21. The third kappa shape index (κ3) is 5.10. The molecule has 0 atom stereocenters. The van der Waals surface area contributed by atoms with Crippen LogP contribution in [0, 0.1) is 20.8 Å². The molecule has 0 bridgehead atoms. The largest absolute Gasteiger partial charge is 0.326 e. The Morgan fingerprint density at radius 1 is 1.18 bits per heavy atom. The summed E-state index contributed by atoms with van der Waals surface area (Å²) in [7, 11) is -3.30. The Morgan fingerprint density at radius 3 is 2.09 bits per heavy atom. The zero-order valence-electron chi connectivity index (χ0n) is 14.2. The van der Waals surface area contributed by atoms with Gasteiger partial charge in [-0.3, -0.25) is 4.79 Å². The van der Waals surface area contributed by atoms with Gasteiger partial charge >= 0.3 is 0 Å². The highest BCUT2D eigenvalue weighted by molar-refractivity contribution is 7.88. The second kappa shape index (κ2) is 7.24. The van der Waals surface area contributed by atoms with Crippen molar-refractivity contribution >= 4 is 21.6 Å². The average Bonchev–Trinajstić information content (AvgIpc) is 2.31. The Morgan fingerprint density at radius 2 is 1.68 bits per heavy atom. The molecule has 1 aromatic rings. The van der Waals surface area contributed by atoms with Gasteiger partial charge in [0.05, 0.1) is 6.26 Å². The van der Waals surface area contributed by atoms with Gasteiger partial charge in [-0.05, 0) is 45.7 Å². The maximum absolute atomic E-state index is 12.1. The second-order valence-corrected chi connectivity index (χ2v) is 7.97. The van der Waals surface area contributed by atoms with E-state index >= 15 is 0 Å². The predicted molar refractivity (Wildman–Crippen MR) is 90.6 cm³/mol. The lowest BCUT2D eigenvalue weighted by atomic mass is 10.1. The van der Waals surface area contributed by atoms with Crippen molar-refractivity contribution in [3.8, 4) is 0 Å². The molecule has 0 saturated carbocycles. The number of nitrogens with one attached hydrogen (secondary N) is 1. The number of amides is 1. The summed E-state index contributed by atoms with van der Waals surface area (Å²) in [6.45, 7) is 9.70.